The third-order valence-electron chi connectivity index (χ3n) is 6.47. The number of carbonyl (C=O) groups is 3. The van der Waals surface area contributed by atoms with Gasteiger partial charge in [-0.1, -0.05) is 62.8 Å². The van der Waals surface area contributed by atoms with Gasteiger partial charge < -0.3 is 24.6 Å². The smallest absolute Gasteiger partial charge is 0.257 e. The molecule has 1 aliphatic rings. The Labute approximate surface area is 237 Å². The maximum absolute atomic E-state index is 12.7. The highest BCUT2D eigenvalue weighted by Gasteiger charge is 2.37. The van der Waals surface area contributed by atoms with Crippen molar-refractivity contribution < 1.29 is 33.7 Å². The number of carbonyl (C=O) groups excluding carboxylic acids is 3. The highest BCUT2D eigenvalue weighted by Crippen LogP contribution is 2.22. The summed E-state index contributed by atoms with van der Waals surface area (Å²) >= 11 is 5.95. The molecule has 1 rings (SSSR count). The van der Waals surface area contributed by atoms with Gasteiger partial charge in [-0.15, -0.1) is 0 Å². The molecular formula is C29H45ClN2O7. The van der Waals surface area contributed by atoms with Crippen LogP contribution < -0.4 is 5.32 Å². The third kappa shape index (κ3) is 12.9. The first-order chi connectivity index (χ1) is 18.8. The number of nitrogens with one attached hydrogen (secondary N) is 1. The molecule has 0 bridgehead atoms. The molecule has 2 atom stereocenters. The van der Waals surface area contributed by atoms with Crippen molar-refractivity contribution in [2.45, 2.75) is 83.3 Å². The number of rotatable bonds is 20. The number of imide groups is 1. The van der Waals surface area contributed by atoms with E-state index >= 15 is 0 Å². The van der Waals surface area contributed by atoms with E-state index in [1.807, 2.05) is 6.08 Å². The number of halogens is 1. The van der Waals surface area contributed by atoms with Crippen LogP contribution in [0.4, 0.5) is 0 Å². The Bertz CT molecular complexity index is 898. The molecule has 2 N–H and O–H groups in total. The Hall–Kier alpha value is -2.62. The number of nitrogens with zero attached hydrogens (tertiary/aromatic N) is 1. The average molecular weight is 569 g/mol. The summed E-state index contributed by atoms with van der Waals surface area (Å²) in [5.74, 6) is -0.912. The molecule has 0 unspecified atom stereocenters. The molecule has 3 amide bonds. The molecule has 1 aliphatic heterocycles. The number of hydrogen-bond acceptors (Lipinski definition) is 7. The molecule has 0 spiro atoms. The van der Waals surface area contributed by atoms with E-state index in [9.17, 15) is 19.5 Å². The van der Waals surface area contributed by atoms with E-state index in [0.717, 1.165) is 17.7 Å². The monoisotopic (exact) mass is 568 g/mol. The minimum absolute atomic E-state index is 0.125. The van der Waals surface area contributed by atoms with Crippen LogP contribution in [0.2, 0.25) is 0 Å². The molecule has 0 fully saturated rings. The van der Waals surface area contributed by atoms with E-state index in [-0.39, 0.29) is 36.5 Å². The fourth-order valence-corrected chi connectivity index (χ4v) is 4.29. The quantitative estimate of drug-likeness (QED) is 0.0961. The summed E-state index contributed by atoms with van der Waals surface area (Å²) in [5.41, 5.74) is 1.94. The normalized spacial score (nSPS) is 17.0. The second kappa shape index (κ2) is 20.3. The maximum atomic E-state index is 12.7. The second-order valence-corrected chi connectivity index (χ2v) is 9.56. The summed E-state index contributed by atoms with van der Waals surface area (Å²) < 4.78 is 15.9. The van der Waals surface area contributed by atoms with Crippen LogP contribution in [0.3, 0.4) is 0 Å². The zero-order valence-electron chi connectivity index (χ0n) is 23.7. The van der Waals surface area contributed by atoms with Crippen molar-refractivity contribution in [1.82, 2.24) is 10.2 Å². The molecule has 0 saturated heterocycles. The second-order valence-electron chi connectivity index (χ2n) is 9.34. The van der Waals surface area contributed by atoms with Crippen molar-refractivity contribution in [3.05, 3.63) is 46.9 Å². The molecule has 0 aromatic carbocycles. The summed E-state index contributed by atoms with van der Waals surface area (Å²) in [6, 6.07) is -0.892. The predicted molar refractivity (Wildman–Crippen MR) is 152 cm³/mol. The number of hydrogen-bond donors (Lipinski definition) is 2. The van der Waals surface area contributed by atoms with E-state index in [1.165, 1.54) is 64.0 Å². The van der Waals surface area contributed by atoms with Crippen LogP contribution in [-0.4, -0.2) is 74.4 Å². The zero-order chi connectivity index (χ0) is 29.0. The lowest BCUT2D eigenvalue weighted by atomic mass is 10.1. The highest BCUT2D eigenvalue weighted by atomic mass is 35.5. The lowest BCUT2D eigenvalue weighted by Gasteiger charge is -2.22. The van der Waals surface area contributed by atoms with Crippen molar-refractivity contribution in [2.24, 2.45) is 0 Å². The lowest BCUT2D eigenvalue weighted by molar-refractivity contribution is -0.140. The van der Waals surface area contributed by atoms with Crippen LogP contribution in [0, 0.1) is 0 Å². The summed E-state index contributed by atoms with van der Waals surface area (Å²) in [7, 11) is 4.50. The SMILES string of the molecule is CCCCCCC[C@@H](C/C=C/CCC(=O)NC/C(=C\Cl)C/C(=C\C(=O)N1C(=O)C=C(OC)[C@@H]1CO)OC)OC. The molecule has 1 heterocycles. The Balaban J connectivity index is 2.47. The van der Waals surface area contributed by atoms with Crippen LogP contribution in [-0.2, 0) is 28.6 Å². The number of ether oxygens (including phenoxy) is 3. The topological polar surface area (TPSA) is 114 Å². The van der Waals surface area contributed by atoms with Crippen LogP contribution in [0.5, 0.6) is 0 Å². The van der Waals surface area contributed by atoms with Gasteiger partial charge in [-0.2, -0.15) is 0 Å². The van der Waals surface area contributed by atoms with E-state index in [0.29, 0.717) is 18.4 Å². The summed E-state index contributed by atoms with van der Waals surface area (Å²) in [4.78, 5) is 38.1. The minimum Gasteiger partial charge on any atom is -0.501 e. The number of allylic oxidation sites excluding steroid dienone is 2. The average Bonchev–Trinajstić information content (AvgIpc) is 3.28. The Kier molecular flexibility index (Phi) is 17.9. The number of aliphatic hydroxyl groups is 1. The zero-order valence-corrected chi connectivity index (χ0v) is 24.5. The number of amides is 3. The van der Waals surface area contributed by atoms with E-state index in [4.69, 9.17) is 25.8 Å². The van der Waals surface area contributed by atoms with Gasteiger partial charge in [-0.05, 0) is 24.8 Å². The summed E-state index contributed by atoms with van der Waals surface area (Å²) in [5, 5.41) is 12.4. The summed E-state index contributed by atoms with van der Waals surface area (Å²) in [6.07, 6.45) is 15.8. The minimum atomic E-state index is -0.892. The van der Waals surface area contributed by atoms with Gasteiger partial charge in [-0.25, -0.2) is 0 Å². The fourth-order valence-electron chi connectivity index (χ4n) is 4.14. The molecule has 39 heavy (non-hydrogen) atoms. The number of methoxy groups -OCH3 is 3. The largest absolute Gasteiger partial charge is 0.501 e. The first-order valence-corrected chi connectivity index (χ1v) is 14.0. The Morgan fingerprint density at radius 2 is 1.92 bits per heavy atom. The van der Waals surface area contributed by atoms with Gasteiger partial charge >= 0.3 is 0 Å². The van der Waals surface area contributed by atoms with Gasteiger partial charge in [0, 0.05) is 44.2 Å². The van der Waals surface area contributed by atoms with Crippen molar-refractivity contribution >= 4 is 29.3 Å². The first-order valence-electron chi connectivity index (χ1n) is 13.6. The molecular weight excluding hydrogens is 524 g/mol. The summed E-state index contributed by atoms with van der Waals surface area (Å²) in [6.45, 7) is 1.93. The van der Waals surface area contributed by atoms with Crippen LogP contribution in [0.25, 0.3) is 0 Å². The van der Waals surface area contributed by atoms with Crippen LogP contribution >= 0.6 is 11.6 Å². The molecule has 0 aliphatic carbocycles. The molecule has 0 radical (unpaired) electrons. The van der Waals surface area contributed by atoms with Crippen molar-refractivity contribution in [3.63, 3.8) is 0 Å². The van der Waals surface area contributed by atoms with E-state index < -0.39 is 24.5 Å². The number of unbranched alkanes of at least 4 members (excludes halogenated alkanes) is 4. The third-order valence-corrected chi connectivity index (χ3v) is 6.78. The maximum Gasteiger partial charge on any atom is 0.257 e. The van der Waals surface area contributed by atoms with E-state index in [2.05, 4.69) is 18.3 Å². The molecule has 0 aromatic heterocycles. The molecule has 0 saturated carbocycles. The van der Waals surface area contributed by atoms with Crippen molar-refractivity contribution in [2.75, 3.05) is 34.5 Å². The van der Waals surface area contributed by atoms with Gasteiger partial charge in [0.25, 0.3) is 11.8 Å². The molecule has 10 heteroatoms. The first kappa shape index (κ1) is 34.4. The van der Waals surface area contributed by atoms with Crippen LogP contribution in [0.15, 0.2) is 46.9 Å². The van der Waals surface area contributed by atoms with Gasteiger partial charge in [-0.3, -0.25) is 19.3 Å². The number of aliphatic hydroxyl groups excluding tert-OH is 1. The molecule has 220 valence electrons. The van der Waals surface area contributed by atoms with E-state index in [1.54, 1.807) is 7.11 Å². The lowest BCUT2D eigenvalue weighted by Crippen LogP contribution is -2.42. The fraction of sp³-hybridized carbons (Fsp3) is 0.621. The van der Waals surface area contributed by atoms with Crippen LogP contribution in [0.1, 0.15) is 71.1 Å². The Morgan fingerprint density at radius 1 is 1.18 bits per heavy atom. The van der Waals surface area contributed by atoms with Gasteiger partial charge in [0.2, 0.25) is 5.91 Å². The van der Waals surface area contributed by atoms with Gasteiger partial charge in [0.15, 0.2) is 0 Å². The highest BCUT2D eigenvalue weighted by molar-refractivity contribution is 6.25. The predicted octanol–water partition coefficient (Wildman–Crippen LogP) is 4.51. The molecule has 0 aromatic rings. The van der Waals surface area contributed by atoms with Crippen molar-refractivity contribution in [1.29, 1.82) is 0 Å². The van der Waals surface area contributed by atoms with Crippen molar-refractivity contribution in [3.8, 4) is 0 Å². The standard InChI is InChI=1S/C29H45ClN2O7/c1-5-6-7-8-10-13-23(37-2)14-11-9-12-15-27(34)31-20-22(19-30)16-24(38-3)17-28(35)32-25(21-33)26(39-4)18-29(32)36/h9,11,17-19,23,25,33H,5-8,10,12-16,20-21H2,1-4H3,(H,31,34)/b11-9+,22-19-,24-17+/t23-,25-/m0/s1. The van der Waals surface area contributed by atoms with Gasteiger partial charge in [0.05, 0.1) is 26.9 Å². The Morgan fingerprint density at radius 3 is 2.54 bits per heavy atom. The molecule has 9 nitrogen and oxygen atoms in total. The van der Waals surface area contributed by atoms with Gasteiger partial charge in [0.1, 0.15) is 17.6 Å².